The van der Waals surface area contributed by atoms with E-state index in [1.54, 1.807) is 12.5 Å². The fourth-order valence-corrected chi connectivity index (χ4v) is 2.08. The number of hydrogen-bond donors (Lipinski definition) is 2. The van der Waals surface area contributed by atoms with Crippen molar-refractivity contribution in [2.45, 2.75) is 25.3 Å². The zero-order valence-electron chi connectivity index (χ0n) is 10.1. The summed E-state index contributed by atoms with van der Waals surface area (Å²) in [5.41, 5.74) is 1.80. The van der Waals surface area contributed by atoms with Crippen LogP contribution in [0.4, 0.5) is 0 Å². The molecule has 94 valence electrons. The van der Waals surface area contributed by atoms with E-state index >= 15 is 0 Å². The number of imidazole rings is 1. The van der Waals surface area contributed by atoms with Crippen molar-refractivity contribution in [2.75, 3.05) is 6.54 Å². The Hall–Kier alpha value is -2.04. The number of aromatic nitrogens is 3. The van der Waals surface area contributed by atoms with E-state index in [0.29, 0.717) is 12.6 Å². The van der Waals surface area contributed by atoms with Gasteiger partial charge >= 0.3 is 0 Å². The van der Waals surface area contributed by atoms with Gasteiger partial charge in [0.15, 0.2) is 0 Å². The van der Waals surface area contributed by atoms with Crippen molar-refractivity contribution < 1.29 is 4.79 Å². The van der Waals surface area contributed by atoms with Crippen LogP contribution in [-0.2, 0) is 6.42 Å². The van der Waals surface area contributed by atoms with Crippen molar-refractivity contribution in [3.05, 3.63) is 42.2 Å². The molecule has 1 aliphatic rings. The van der Waals surface area contributed by atoms with Crippen LogP contribution in [0, 0.1) is 0 Å². The van der Waals surface area contributed by atoms with Crippen molar-refractivity contribution in [3.8, 4) is 0 Å². The molecule has 1 aliphatic carbocycles. The summed E-state index contributed by atoms with van der Waals surface area (Å²) in [6.45, 7) is 0.622. The smallest absolute Gasteiger partial charge is 0.267 e. The molecule has 2 N–H and O–H groups in total. The van der Waals surface area contributed by atoms with Crippen molar-refractivity contribution in [3.63, 3.8) is 0 Å². The van der Waals surface area contributed by atoms with Crippen LogP contribution in [-0.4, -0.2) is 27.0 Å². The molecular weight excluding hydrogens is 228 g/mol. The van der Waals surface area contributed by atoms with Gasteiger partial charge in [-0.3, -0.25) is 4.79 Å². The van der Waals surface area contributed by atoms with Crippen LogP contribution in [0.1, 0.15) is 35.1 Å². The lowest BCUT2D eigenvalue weighted by Crippen LogP contribution is -2.27. The van der Waals surface area contributed by atoms with Gasteiger partial charge in [0.2, 0.25) is 0 Å². The quantitative estimate of drug-likeness (QED) is 0.837. The first kappa shape index (κ1) is 11.1. The van der Waals surface area contributed by atoms with Crippen LogP contribution < -0.4 is 5.32 Å². The van der Waals surface area contributed by atoms with Gasteiger partial charge < -0.3 is 14.9 Å². The predicted molar refractivity (Wildman–Crippen MR) is 67.3 cm³/mol. The Kier molecular flexibility index (Phi) is 2.88. The number of nitrogens with one attached hydrogen (secondary N) is 2. The Balaban J connectivity index is 1.56. The van der Waals surface area contributed by atoms with E-state index in [-0.39, 0.29) is 5.91 Å². The maximum absolute atomic E-state index is 12.0. The molecule has 5 nitrogen and oxygen atoms in total. The summed E-state index contributed by atoms with van der Waals surface area (Å²) in [6, 6.07) is 4.35. The summed E-state index contributed by atoms with van der Waals surface area (Å²) in [7, 11) is 0. The summed E-state index contributed by atoms with van der Waals surface area (Å²) in [4.78, 5) is 19.0. The van der Waals surface area contributed by atoms with E-state index in [0.717, 1.165) is 17.8 Å². The minimum atomic E-state index is 0.00594. The highest BCUT2D eigenvalue weighted by atomic mass is 16.1. The molecule has 2 heterocycles. The Morgan fingerprint density at radius 2 is 2.44 bits per heavy atom. The van der Waals surface area contributed by atoms with Crippen molar-refractivity contribution in [1.29, 1.82) is 0 Å². The van der Waals surface area contributed by atoms with E-state index in [4.69, 9.17) is 0 Å². The summed E-state index contributed by atoms with van der Waals surface area (Å²) in [5.74, 6) is 0.00594. The highest BCUT2D eigenvalue weighted by molar-refractivity contribution is 5.92. The third-order valence-electron chi connectivity index (χ3n) is 3.19. The summed E-state index contributed by atoms with van der Waals surface area (Å²) < 4.78 is 2.07. The number of carbonyl (C=O) groups is 1. The maximum Gasteiger partial charge on any atom is 0.267 e. The monoisotopic (exact) mass is 244 g/mol. The SMILES string of the molecule is O=C(NCCc1cnc[nH]1)c1cccn1C1CC1. The normalized spacial score (nSPS) is 14.7. The predicted octanol–water partition coefficient (Wildman–Crippen LogP) is 1.52. The van der Waals surface area contributed by atoms with E-state index in [1.807, 2.05) is 18.3 Å². The van der Waals surface area contributed by atoms with E-state index in [2.05, 4.69) is 19.9 Å². The molecule has 5 heteroatoms. The molecule has 0 saturated heterocycles. The Morgan fingerprint density at radius 1 is 1.56 bits per heavy atom. The standard InChI is InChI=1S/C13H16N4O/c18-13(15-6-5-10-8-14-9-16-10)12-2-1-7-17(12)11-3-4-11/h1-2,7-9,11H,3-6H2,(H,14,16)(H,15,18). The molecule has 2 aromatic heterocycles. The number of nitrogens with zero attached hydrogens (tertiary/aromatic N) is 2. The van der Waals surface area contributed by atoms with Gasteiger partial charge in [0.05, 0.1) is 6.33 Å². The van der Waals surface area contributed by atoms with E-state index in [9.17, 15) is 4.79 Å². The molecule has 0 bridgehead atoms. The van der Waals surface area contributed by atoms with Gasteiger partial charge in [0.1, 0.15) is 5.69 Å². The van der Waals surface area contributed by atoms with Gasteiger partial charge in [-0.05, 0) is 25.0 Å². The number of amides is 1. The van der Waals surface area contributed by atoms with Gasteiger partial charge in [-0.25, -0.2) is 4.98 Å². The van der Waals surface area contributed by atoms with E-state index in [1.165, 1.54) is 12.8 Å². The fraction of sp³-hybridized carbons (Fsp3) is 0.385. The molecule has 0 radical (unpaired) electrons. The second-order valence-electron chi connectivity index (χ2n) is 4.61. The first-order chi connectivity index (χ1) is 8.84. The minimum absolute atomic E-state index is 0.00594. The number of H-pyrrole nitrogens is 1. The van der Waals surface area contributed by atoms with Crippen molar-refractivity contribution >= 4 is 5.91 Å². The molecule has 2 aromatic rings. The average molecular weight is 244 g/mol. The lowest BCUT2D eigenvalue weighted by molar-refractivity contribution is 0.0944. The highest BCUT2D eigenvalue weighted by Crippen LogP contribution is 2.35. The Morgan fingerprint density at radius 3 is 3.17 bits per heavy atom. The molecule has 18 heavy (non-hydrogen) atoms. The summed E-state index contributed by atoms with van der Waals surface area (Å²) in [6.07, 6.45) is 8.55. The summed E-state index contributed by atoms with van der Waals surface area (Å²) in [5, 5.41) is 2.94. The molecule has 1 fully saturated rings. The van der Waals surface area contributed by atoms with Gasteiger partial charge in [-0.2, -0.15) is 0 Å². The molecule has 0 spiro atoms. The molecule has 0 aromatic carbocycles. The fourth-order valence-electron chi connectivity index (χ4n) is 2.08. The second-order valence-corrected chi connectivity index (χ2v) is 4.61. The van der Waals surface area contributed by atoms with Crippen LogP contribution in [0.2, 0.25) is 0 Å². The molecule has 1 saturated carbocycles. The lowest BCUT2D eigenvalue weighted by atomic mass is 10.3. The average Bonchev–Trinajstić information content (AvgIpc) is 2.91. The number of aromatic amines is 1. The van der Waals surface area contributed by atoms with Crippen molar-refractivity contribution in [2.24, 2.45) is 0 Å². The van der Waals surface area contributed by atoms with Gasteiger partial charge in [-0.1, -0.05) is 0 Å². The molecule has 0 aliphatic heterocycles. The summed E-state index contributed by atoms with van der Waals surface area (Å²) >= 11 is 0. The zero-order chi connectivity index (χ0) is 12.4. The first-order valence-electron chi connectivity index (χ1n) is 6.27. The Labute approximate surface area is 105 Å². The topological polar surface area (TPSA) is 62.7 Å². The maximum atomic E-state index is 12.0. The van der Waals surface area contributed by atoms with E-state index < -0.39 is 0 Å². The van der Waals surface area contributed by atoms with Crippen molar-refractivity contribution in [1.82, 2.24) is 19.9 Å². The zero-order valence-corrected chi connectivity index (χ0v) is 10.1. The van der Waals surface area contributed by atoms with Crippen LogP contribution in [0.3, 0.4) is 0 Å². The van der Waals surface area contributed by atoms with Crippen LogP contribution in [0.15, 0.2) is 30.9 Å². The largest absolute Gasteiger partial charge is 0.350 e. The van der Waals surface area contributed by atoms with Crippen LogP contribution >= 0.6 is 0 Å². The second kappa shape index (κ2) is 4.68. The molecule has 0 unspecified atom stereocenters. The number of hydrogen-bond acceptors (Lipinski definition) is 2. The third-order valence-corrected chi connectivity index (χ3v) is 3.19. The van der Waals surface area contributed by atoms with Gasteiger partial charge in [0.25, 0.3) is 5.91 Å². The molecule has 0 atom stereocenters. The number of rotatable bonds is 5. The minimum Gasteiger partial charge on any atom is -0.350 e. The molecule has 1 amide bonds. The Bertz CT molecular complexity index is 525. The van der Waals surface area contributed by atoms with Gasteiger partial charge in [0, 0.05) is 37.1 Å². The van der Waals surface area contributed by atoms with Gasteiger partial charge in [-0.15, -0.1) is 0 Å². The molecular formula is C13H16N4O. The first-order valence-corrected chi connectivity index (χ1v) is 6.27. The molecule has 3 rings (SSSR count). The number of carbonyl (C=O) groups excluding carboxylic acids is 1. The third kappa shape index (κ3) is 2.30. The van der Waals surface area contributed by atoms with Crippen LogP contribution in [0.25, 0.3) is 0 Å². The van der Waals surface area contributed by atoms with Crippen LogP contribution in [0.5, 0.6) is 0 Å². The highest BCUT2D eigenvalue weighted by Gasteiger charge is 2.26. The lowest BCUT2D eigenvalue weighted by Gasteiger charge is -2.08.